The molecule has 1 aliphatic carbocycles. The number of aromatic nitrogens is 1. The van der Waals surface area contributed by atoms with E-state index in [9.17, 15) is 0 Å². The van der Waals surface area contributed by atoms with Crippen molar-refractivity contribution in [1.82, 2.24) is 4.57 Å². The van der Waals surface area contributed by atoms with Gasteiger partial charge in [-0.3, -0.25) is 0 Å². The molecule has 0 aliphatic heterocycles. The number of rotatable bonds is 7. The number of hydrogen-bond acceptors (Lipinski definition) is 2. The van der Waals surface area contributed by atoms with Gasteiger partial charge in [-0.1, -0.05) is 176 Å². The predicted molar refractivity (Wildman–Crippen MR) is 271 cm³/mol. The highest BCUT2D eigenvalue weighted by Crippen LogP contribution is 2.57. The Kier molecular flexibility index (Phi) is 8.34. The van der Waals surface area contributed by atoms with Gasteiger partial charge in [-0.05, 0) is 111 Å². The first-order valence-electron chi connectivity index (χ1n) is 22.0. The van der Waals surface area contributed by atoms with Crippen LogP contribution in [-0.2, 0) is 5.41 Å². The number of nitrogens with zero attached hydrogens (tertiary/aromatic N) is 2. The van der Waals surface area contributed by atoms with E-state index in [-0.39, 0.29) is 0 Å². The third kappa shape index (κ3) is 5.44. The molecule has 12 aromatic rings. The second kappa shape index (κ2) is 14.6. The summed E-state index contributed by atoms with van der Waals surface area (Å²) in [5, 5.41) is 5.11. The quantitative estimate of drug-likeness (QED) is 0.155. The van der Waals surface area contributed by atoms with E-state index in [0.29, 0.717) is 0 Å². The van der Waals surface area contributed by atoms with Crippen LogP contribution in [0.15, 0.2) is 243 Å². The van der Waals surface area contributed by atoms with Gasteiger partial charge in [-0.2, -0.15) is 0 Å². The van der Waals surface area contributed by atoms with E-state index >= 15 is 0 Å². The normalized spacial score (nSPS) is 12.8. The minimum atomic E-state index is -0.494. The van der Waals surface area contributed by atoms with Gasteiger partial charge >= 0.3 is 0 Å². The second-order valence-electron chi connectivity index (χ2n) is 16.8. The molecule has 0 fully saturated rings. The third-order valence-corrected chi connectivity index (χ3v) is 14.7. The van der Waals surface area contributed by atoms with Crippen molar-refractivity contribution in [3.05, 3.63) is 265 Å². The molecule has 13 rings (SSSR count). The molecule has 0 N–H and O–H groups in total. The molecule has 0 spiro atoms. The number of hydrogen-bond donors (Lipinski definition) is 0. The van der Waals surface area contributed by atoms with E-state index in [2.05, 4.69) is 252 Å². The molecule has 1 aliphatic rings. The van der Waals surface area contributed by atoms with Crippen LogP contribution in [0.2, 0.25) is 0 Å². The van der Waals surface area contributed by atoms with Gasteiger partial charge in [0.25, 0.3) is 0 Å². The van der Waals surface area contributed by atoms with Crippen LogP contribution in [0.25, 0.3) is 69.9 Å². The fraction of sp³-hybridized carbons (Fsp3) is 0.0164. The number of anilines is 3. The van der Waals surface area contributed by atoms with E-state index in [1.165, 1.54) is 92.2 Å². The third-order valence-electron chi connectivity index (χ3n) is 13.4. The molecular weight excluding hydrogens is 793 g/mol. The van der Waals surface area contributed by atoms with Crippen molar-refractivity contribution < 1.29 is 0 Å². The van der Waals surface area contributed by atoms with Crippen LogP contribution < -0.4 is 4.90 Å². The summed E-state index contributed by atoms with van der Waals surface area (Å²) in [7, 11) is 0. The van der Waals surface area contributed by atoms with E-state index in [4.69, 9.17) is 0 Å². The van der Waals surface area contributed by atoms with Crippen LogP contribution in [0.5, 0.6) is 0 Å². The summed E-state index contributed by atoms with van der Waals surface area (Å²) in [5.74, 6) is 0. The van der Waals surface area contributed by atoms with Crippen molar-refractivity contribution >= 4 is 70.4 Å². The first kappa shape index (κ1) is 36.7. The molecule has 2 nitrogen and oxygen atoms in total. The molecule has 64 heavy (non-hydrogen) atoms. The van der Waals surface area contributed by atoms with Gasteiger partial charge < -0.3 is 9.47 Å². The summed E-state index contributed by atoms with van der Waals surface area (Å²) in [6.45, 7) is 0. The van der Waals surface area contributed by atoms with Crippen LogP contribution in [0, 0.1) is 0 Å². The van der Waals surface area contributed by atoms with E-state index in [1.54, 1.807) is 0 Å². The highest BCUT2D eigenvalue weighted by Gasteiger charge is 2.46. The maximum absolute atomic E-state index is 2.47. The molecule has 3 heteroatoms. The molecule has 0 radical (unpaired) electrons. The van der Waals surface area contributed by atoms with E-state index in [0.717, 1.165) is 17.1 Å². The SMILES string of the molecule is c1ccc(N(c2cccc(-c3ccc4c(c3)c3ccccc3n4-c3cccc4c3sc3ccccc34)c2)c2ccc3c(c2)C(c2ccccc2)(c2ccccc2)c2ccccc2-3)cc1. The van der Waals surface area contributed by atoms with Crippen LogP contribution in [-0.4, -0.2) is 4.57 Å². The maximum atomic E-state index is 2.47. The molecule has 0 atom stereocenters. The van der Waals surface area contributed by atoms with Gasteiger partial charge in [-0.15, -0.1) is 11.3 Å². The predicted octanol–water partition coefficient (Wildman–Crippen LogP) is 16.7. The highest BCUT2D eigenvalue weighted by atomic mass is 32.1. The Hall–Kier alpha value is -7.98. The van der Waals surface area contributed by atoms with E-state index < -0.39 is 5.41 Å². The summed E-state index contributed by atoms with van der Waals surface area (Å²) in [6, 6.07) is 89.4. The zero-order chi connectivity index (χ0) is 42.2. The van der Waals surface area contributed by atoms with E-state index in [1.807, 2.05) is 11.3 Å². The fourth-order valence-electron chi connectivity index (χ4n) is 10.7. The first-order valence-corrected chi connectivity index (χ1v) is 22.8. The monoisotopic (exact) mass is 832 g/mol. The lowest BCUT2D eigenvalue weighted by atomic mass is 9.67. The smallest absolute Gasteiger partial charge is 0.0714 e. The zero-order valence-corrected chi connectivity index (χ0v) is 35.7. The molecule has 0 amide bonds. The lowest BCUT2D eigenvalue weighted by Crippen LogP contribution is -2.28. The minimum absolute atomic E-state index is 0.494. The largest absolute Gasteiger partial charge is 0.310 e. The Bertz CT molecular complexity index is 3690. The Morgan fingerprint density at radius 1 is 0.359 bits per heavy atom. The molecule has 0 saturated carbocycles. The molecule has 0 saturated heterocycles. The Morgan fingerprint density at radius 3 is 1.77 bits per heavy atom. The molecule has 10 aromatic carbocycles. The summed E-state index contributed by atoms with van der Waals surface area (Å²) in [6.07, 6.45) is 0. The molecule has 0 bridgehead atoms. The molecular formula is C61H40N2S. The summed E-state index contributed by atoms with van der Waals surface area (Å²) in [5.41, 5.74) is 16.5. The zero-order valence-electron chi connectivity index (χ0n) is 34.9. The Balaban J connectivity index is 0.978. The van der Waals surface area contributed by atoms with Crippen LogP contribution in [0.4, 0.5) is 17.1 Å². The van der Waals surface area contributed by atoms with Crippen LogP contribution in [0.3, 0.4) is 0 Å². The standard InChI is InChI=1S/C61H40N2S/c1-4-19-43(20-5-1)61(44-21-6-2-7-22-44)54-30-13-10-26-48(54)49-36-35-47(40-55(49)61)62(45-23-8-3-9-24-45)46-25-16-18-41(38-46)42-34-37-57-53(39-42)50-27-11-14-31-56(50)63(57)58-32-17-29-52-51-28-12-15-33-59(51)64-60(52)58/h1-40H. The average molecular weight is 833 g/mol. The van der Waals surface area contributed by atoms with Gasteiger partial charge in [0, 0.05) is 43.3 Å². The number of thiophene rings is 1. The van der Waals surface area contributed by atoms with Gasteiger partial charge in [0.2, 0.25) is 0 Å². The number of fused-ring (bicyclic) bond motifs is 9. The summed E-state index contributed by atoms with van der Waals surface area (Å²) >= 11 is 1.88. The summed E-state index contributed by atoms with van der Waals surface area (Å²) in [4.78, 5) is 2.42. The van der Waals surface area contributed by atoms with Crippen molar-refractivity contribution in [2.75, 3.05) is 4.90 Å². The Morgan fingerprint density at radius 2 is 0.953 bits per heavy atom. The lowest BCUT2D eigenvalue weighted by Gasteiger charge is -2.35. The maximum Gasteiger partial charge on any atom is 0.0714 e. The topological polar surface area (TPSA) is 8.17 Å². The van der Waals surface area contributed by atoms with Crippen molar-refractivity contribution in [2.24, 2.45) is 0 Å². The molecule has 2 aromatic heterocycles. The Labute approximate surface area is 376 Å². The molecule has 2 heterocycles. The molecule has 0 unspecified atom stereocenters. The van der Waals surface area contributed by atoms with Crippen LogP contribution >= 0.6 is 11.3 Å². The van der Waals surface area contributed by atoms with Crippen molar-refractivity contribution in [1.29, 1.82) is 0 Å². The van der Waals surface area contributed by atoms with Crippen molar-refractivity contribution in [2.45, 2.75) is 5.41 Å². The summed E-state index contributed by atoms with van der Waals surface area (Å²) < 4.78 is 5.09. The van der Waals surface area contributed by atoms with Gasteiger partial charge in [-0.25, -0.2) is 0 Å². The fourth-order valence-corrected chi connectivity index (χ4v) is 11.9. The van der Waals surface area contributed by atoms with Crippen molar-refractivity contribution in [3.63, 3.8) is 0 Å². The van der Waals surface area contributed by atoms with Gasteiger partial charge in [0.1, 0.15) is 0 Å². The molecule has 300 valence electrons. The van der Waals surface area contributed by atoms with Gasteiger partial charge in [0.05, 0.1) is 26.8 Å². The minimum Gasteiger partial charge on any atom is -0.310 e. The number of benzene rings is 10. The van der Waals surface area contributed by atoms with Gasteiger partial charge in [0.15, 0.2) is 0 Å². The lowest BCUT2D eigenvalue weighted by molar-refractivity contribution is 0.768. The average Bonchev–Trinajstić information content (AvgIpc) is 4.01. The number of para-hydroxylation sites is 2. The first-order chi connectivity index (χ1) is 31.8. The second-order valence-corrected chi connectivity index (χ2v) is 17.9. The highest BCUT2D eigenvalue weighted by molar-refractivity contribution is 7.26. The van der Waals surface area contributed by atoms with Crippen molar-refractivity contribution in [3.8, 4) is 27.9 Å². The van der Waals surface area contributed by atoms with Crippen LogP contribution in [0.1, 0.15) is 22.3 Å².